The Bertz CT molecular complexity index is 907. The van der Waals surface area contributed by atoms with Crippen LogP contribution >= 0.6 is 27.7 Å². The highest BCUT2D eigenvalue weighted by Crippen LogP contribution is 2.45. The fourth-order valence-corrected chi connectivity index (χ4v) is 4.21. The number of nitrogens with zero attached hydrogens (tertiary/aromatic N) is 2. The van der Waals surface area contributed by atoms with E-state index < -0.39 is 11.8 Å². The number of thioether (sulfide) groups is 1. The summed E-state index contributed by atoms with van der Waals surface area (Å²) in [5.74, 6) is -1.16. The summed E-state index contributed by atoms with van der Waals surface area (Å²) in [5, 5.41) is 21.8. The molecule has 9 heteroatoms. The van der Waals surface area contributed by atoms with Crippen LogP contribution in [0.25, 0.3) is 0 Å². The second-order valence-corrected chi connectivity index (χ2v) is 8.35. The predicted octanol–water partition coefficient (Wildman–Crippen LogP) is 4.41. The number of carboxylic acid groups (broad SMARTS) is 1. The minimum atomic E-state index is -1.03. The summed E-state index contributed by atoms with van der Waals surface area (Å²) in [6.45, 7) is 1.65. The molecule has 1 aromatic carbocycles. The number of benzene rings is 1. The van der Waals surface area contributed by atoms with E-state index in [9.17, 15) is 14.3 Å². The molecule has 0 aliphatic carbocycles. The van der Waals surface area contributed by atoms with Gasteiger partial charge >= 0.3 is 5.97 Å². The highest BCUT2D eigenvalue weighted by atomic mass is 79.9. The first kappa shape index (κ1) is 18.7. The van der Waals surface area contributed by atoms with Gasteiger partial charge in [-0.25, -0.2) is 14.4 Å². The smallest absolute Gasteiger partial charge is 0.307 e. The zero-order chi connectivity index (χ0) is 18.8. The van der Waals surface area contributed by atoms with Crippen molar-refractivity contribution in [1.82, 2.24) is 9.97 Å². The molecule has 1 aliphatic rings. The first-order valence-electron chi connectivity index (χ1n) is 7.70. The lowest BCUT2D eigenvalue weighted by Gasteiger charge is -2.14. The lowest BCUT2D eigenvalue weighted by Crippen LogP contribution is -2.06. The number of allylic oxidation sites excluding steroid dienone is 1. The Morgan fingerprint density at radius 3 is 2.85 bits per heavy atom. The lowest BCUT2D eigenvalue weighted by atomic mass is 10.1. The number of hydrogen-bond acceptors (Lipinski definition) is 6. The number of aryl methyl sites for hydroxylation is 1. The van der Waals surface area contributed by atoms with Crippen molar-refractivity contribution < 1.29 is 19.4 Å². The van der Waals surface area contributed by atoms with E-state index in [1.807, 2.05) is 6.08 Å². The zero-order valence-electron chi connectivity index (χ0n) is 13.7. The van der Waals surface area contributed by atoms with Crippen LogP contribution in [0.3, 0.4) is 0 Å². The van der Waals surface area contributed by atoms with Gasteiger partial charge in [-0.15, -0.1) is 11.8 Å². The summed E-state index contributed by atoms with van der Waals surface area (Å²) < 4.78 is 15.3. The lowest BCUT2D eigenvalue weighted by molar-refractivity contribution is -0.136. The van der Waals surface area contributed by atoms with Crippen molar-refractivity contribution in [1.29, 1.82) is 0 Å². The number of anilines is 2. The highest BCUT2D eigenvalue weighted by Gasteiger charge is 2.23. The summed E-state index contributed by atoms with van der Waals surface area (Å²) in [4.78, 5) is 19.4. The van der Waals surface area contributed by atoms with Crippen molar-refractivity contribution in [2.24, 2.45) is 0 Å². The molecule has 0 amide bonds. The van der Waals surface area contributed by atoms with Crippen LogP contribution < -0.4 is 5.32 Å². The number of nitrogens with one attached hydrogen (secondary N) is 1. The third kappa shape index (κ3) is 4.16. The molecular weight excluding hydrogens is 425 g/mol. The van der Waals surface area contributed by atoms with E-state index >= 15 is 0 Å². The molecule has 0 saturated heterocycles. The summed E-state index contributed by atoms with van der Waals surface area (Å²) in [5.41, 5.74) is 0.837. The van der Waals surface area contributed by atoms with Gasteiger partial charge in [0.15, 0.2) is 11.6 Å². The van der Waals surface area contributed by atoms with Crippen LogP contribution in [-0.4, -0.2) is 26.2 Å². The Hall–Kier alpha value is -2.13. The summed E-state index contributed by atoms with van der Waals surface area (Å²) in [6, 6.07) is 4.09. The molecule has 0 bridgehead atoms. The van der Waals surface area contributed by atoms with Gasteiger partial charge in [-0.05, 0) is 47.0 Å². The zero-order valence-corrected chi connectivity index (χ0v) is 16.1. The van der Waals surface area contributed by atoms with Gasteiger partial charge in [0.1, 0.15) is 11.6 Å². The molecule has 0 spiro atoms. The molecule has 6 nitrogen and oxygen atoms in total. The van der Waals surface area contributed by atoms with Crippen molar-refractivity contribution in [3.8, 4) is 5.75 Å². The maximum Gasteiger partial charge on any atom is 0.307 e. The van der Waals surface area contributed by atoms with Crippen molar-refractivity contribution in [2.45, 2.75) is 25.0 Å². The first-order valence-corrected chi connectivity index (χ1v) is 9.38. The van der Waals surface area contributed by atoms with E-state index in [1.54, 1.807) is 18.7 Å². The van der Waals surface area contributed by atoms with Gasteiger partial charge in [-0.3, -0.25) is 4.79 Å². The Labute approximate surface area is 161 Å². The van der Waals surface area contributed by atoms with Gasteiger partial charge in [0.25, 0.3) is 0 Å². The average molecular weight is 440 g/mol. The maximum atomic E-state index is 14.3. The Kier molecular flexibility index (Phi) is 5.47. The van der Waals surface area contributed by atoms with E-state index in [2.05, 4.69) is 31.2 Å². The fraction of sp³-hybridized carbons (Fsp3) is 0.235. The maximum absolute atomic E-state index is 14.3. The minimum absolute atomic E-state index is 0.0204. The second kappa shape index (κ2) is 7.63. The molecule has 2 aromatic rings. The largest absolute Gasteiger partial charge is 0.503 e. The molecular formula is C17H15BrFN3O3S. The topological polar surface area (TPSA) is 95.3 Å². The molecule has 1 unspecified atom stereocenters. The monoisotopic (exact) mass is 439 g/mol. The highest BCUT2D eigenvalue weighted by molar-refractivity contribution is 9.14. The minimum Gasteiger partial charge on any atom is -0.503 e. The molecule has 1 aromatic heterocycles. The number of carbonyl (C=O) groups is 1. The van der Waals surface area contributed by atoms with Crippen LogP contribution in [0.5, 0.6) is 5.75 Å². The number of aromatic nitrogens is 2. The van der Waals surface area contributed by atoms with Gasteiger partial charge in [0.05, 0.1) is 23.1 Å². The van der Waals surface area contributed by atoms with Crippen LogP contribution in [0.4, 0.5) is 15.9 Å². The van der Waals surface area contributed by atoms with E-state index in [4.69, 9.17) is 5.11 Å². The molecule has 26 heavy (non-hydrogen) atoms. The molecule has 3 rings (SSSR count). The van der Waals surface area contributed by atoms with Crippen molar-refractivity contribution >= 4 is 45.2 Å². The number of halogens is 2. The average Bonchev–Trinajstić information content (AvgIpc) is 3.00. The Balaban J connectivity index is 1.87. The van der Waals surface area contributed by atoms with E-state index in [-0.39, 0.29) is 28.9 Å². The number of carboxylic acids is 1. The van der Waals surface area contributed by atoms with Crippen LogP contribution in [0.1, 0.15) is 28.8 Å². The second-order valence-electron chi connectivity index (χ2n) is 5.72. The summed E-state index contributed by atoms with van der Waals surface area (Å²) in [7, 11) is 0. The van der Waals surface area contributed by atoms with E-state index in [0.29, 0.717) is 17.1 Å². The Morgan fingerprint density at radius 1 is 1.46 bits per heavy atom. The van der Waals surface area contributed by atoms with E-state index in [1.165, 1.54) is 12.1 Å². The number of aliphatic carboxylic acids is 1. The van der Waals surface area contributed by atoms with Crippen LogP contribution in [0.15, 0.2) is 28.1 Å². The van der Waals surface area contributed by atoms with Crippen molar-refractivity contribution in [3.63, 3.8) is 0 Å². The van der Waals surface area contributed by atoms with Crippen LogP contribution in [-0.2, 0) is 11.2 Å². The van der Waals surface area contributed by atoms with E-state index in [0.717, 1.165) is 16.3 Å². The molecule has 1 atom stereocenters. The SMILES string of the molecule is Cc1nc(C2CC=C(Br)S2)nc(Nc2ccc(CC(=O)O)cc2F)c1O. The van der Waals surface area contributed by atoms with Gasteiger partial charge in [-0.2, -0.15) is 0 Å². The summed E-state index contributed by atoms with van der Waals surface area (Å²) >= 11 is 5.00. The van der Waals surface area contributed by atoms with Crippen LogP contribution in [0.2, 0.25) is 0 Å². The molecule has 0 radical (unpaired) electrons. The quantitative estimate of drug-likeness (QED) is 0.634. The van der Waals surface area contributed by atoms with Gasteiger partial charge in [0.2, 0.25) is 0 Å². The predicted molar refractivity (Wildman–Crippen MR) is 101 cm³/mol. The summed E-state index contributed by atoms with van der Waals surface area (Å²) in [6.07, 6.45) is 2.52. The molecule has 136 valence electrons. The van der Waals surface area contributed by atoms with Gasteiger partial charge in [0, 0.05) is 3.81 Å². The number of rotatable bonds is 5. The van der Waals surface area contributed by atoms with Crippen molar-refractivity contribution in [2.75, 3.05) is 5.32 Å². The standard InChI is InChI=1S/C17H15BrFN3O3S/c1-8-15(25)17(22-16(20-8)12-4-5-13(18)26-12)21-11-3-2-9(6-10(11)19)7-14(23)24/h2-3,5-6,12,25H,4,7H2,1H3,(H,23,24)(H,20,21,22). The molecule has 0 fully saturated rings. The van der Waals surface area contributed by atoms with Crippen LogP contribution in [0, 0.1) is 12.7 Å². The Morgan fingerprint density at radius 2 is 2.23 bits per heavy atom. The van der Waals surface area contributed by atoms with Crippen molar-refractivity contribution in [3.05, 3.63) is 51.0 Å². The van der Waals surface area contributed by atoms with Gasteiger partial charge < -0.3 is 15.5 Å². The fourth-order valence-electron chi connectivity index (χ4n) is 2.48. The number of aromatic hydroxyl groups is 1. The molecule has 0 saturated carbocycles. The third-order valence-electron chi connectivity index (χ3n) is 3.75. The first-order chi connectivity index (χ1) is 12.3. The molecule has 2 heterocycles. The normalized spacial score (nSPS) is 16.4. The molecule has 3 N–H and O–H groups in total. The van der Waals surface area contributed by atoms with Gasteiger partial charge in [-0.1, -0.05) is 12.1 Å². The number of hydrogen-bond donors (Lipinski definition) is 3. The molecule has 1 aliphatic heterocycles. The third-order valence-corrected chi connectivity index (χ3v) is 5.72.